The summed E-state index contributed by atoms with van der Waals surface area (Å²) in [5.74, 6) is 2.35. The molecule has 1 atom stereocenters. The number of aromatic nitrogens is 3. The van der Waals surface area contributed by atoms with Crippen molar-refractivity contribution < 1.29 is 4.42 Å². The van der Waals surface area contributed by atoms with Crippen LogP contribution in [0.3, 0.4) is 0 Å². The summed E-state index contributed by atoms with van der Waals surface area (Å²) in [4.78, 5) is 15.7. The van der Waals surface area contributed by atoms with Crippen LogP contribution in [0.1, 0.15) is 36.6 Å². The molecule has 1 unspecified atom stereocenters. The van der Waals surface area contributed by atoms with Crippen molar-refractivity contribution in [1.29, 1.82) is 0 Å². The summed E-state index contributed by atoms with van der Waals surface area (Å²) in [6, 6.07) is 57.5. The molecule has 2 aromatic heterocycles. The Hall–Kier alpha value is -6.65. The summed E-state index contributed by atoms with van der Waals surface area (Å²) < 4.78 is 6.50. The highest BCUT2D eigenvalue weighted by atomic mass is 16.3. The summed E-state index contributed by atoms with van der Waals surface area (Å²) in [5, 5.41) is 4.54. The largest absolute Gasteiger partial charge is 0.456 e. The lowest BCUT2D eigenvalue weighted by atomic mass is 9.85. The van der Waals surface area contributed by atoms with E-state index >= 15 is 0 Å². The van der Waals surface area contributed by atoms with E-state index in [1.807, 2.05) is 18.2 Å². The van der Waals surface area contributed by atoms with Crippen molar-refractivity contribution in [2.75, 3.05) is 0 Å². The number of benzene rings is 7. The van der Waals surface area contributed by atoms with Crippen molar-refractivity contribution in [1.82, 2.24) is 15.0 Å². The molecular formula is C49H35N3O. The molecule has 0 bridgehead atoms. The van der Waals surface area contributed by atoms with Crippen LogP contribution in [-0.4, -0.2) is 15.0 Å². The first-order valence-electron chi connectivity index (χ1n) is 18.3. The van der Waals surface area contributed by atoms with Gasteiger partial charge in [-0.1, -0.05) is 146 Å². The zero-order chi connectivity index (χ0) is 35.1. The van der Waals surface area contributed by atoms with E-state index in [-0.39, 0.29) is 5.92 Å². The minimum Gasteiger partial charge on any atom is -0.456 e. The number of rotatable bonds is 6. The van der Waals surface area contributed by atoms with Gasteiger partial charge in [0, 0.05) is 27.8 Å². The number of allylic oxidation sites excluding steroid dienone is 2. The lowest BCUT2D eigenvalue weighted by Gasteiger charge is -2.23. The third-order valence-corrected chi connectivity index (χ3v) is 10.6. The molecule has 2 heterocycles. The molecule has 9 aromatic rings. The molecule has 0 saturated heterocycles. The summed E-state index contributed by atoms with van der Waals surface area (Å²) in [6.45, 7) is 0. The molecule has 0 fully saturated rings. The van der Waals surface area contributed by atoms with E-state index in [1.54, 1.807) is 0 Å². The van der Waals surface area contributed by atoms with Crippen molar-refractivity contribution in [2.24, 2.45) is 0 Å². The van der Waals surface area contributed by atoms with Gasteiger partial charge in [-0.15, -0.1) is 0 Å². The monoisotopic (exact) mass is 681 g/mol. The second-order valence-electron chi connectivity index (χ2n) is 13.9. The highest BCUT2D eigenvalue weighted by Gasteiger charge is 2.24. The molecule has 0 amide bonds. The molecule has 53 heavy (non-hydrogen) atoms. The van der Waals surface area contributed by atoms with E-state index < -0.39 is 0 Å². The topological polar surface area (TPSA) is 51.8 Å². The highest BCUT2D eigenvalue weighted by Crippen LogP contribution is 2.40. The van der Waals surface area contributed by atoms with E-state index in [0.717, 1.165) is 74.8 Å². The molecule has 0 radical (unpaired) electrons. The van der Waals surface area contributed by atoms with Gasteiger partial charge >= 0.3 is 0 Å². The van der Waals surface area contributed by atoms with Gasteiger partial charge < -0.3 is 4.42 Å². The first kappa shape index (κ1) is 31.1. The molecular weight excluding hydrogens is 647 g/mol. The second kappa shape index (κ2) is 13.2. The number of furan rings is 1. The van der Waals surface area contributed by atoms with Crippen LogP contribution < -0.4 is 0 Å². The lowest BCUT2D eigenvalue weighted by Crippen LogP contribution is -2.12. The molecule has 0 saturated carbocycles. The van der Waals surface area contributed by atoms with Crippen LogP contribution in [0.25, 0.3) is 83.3 Å². The number of fused-ring (bicyclic) bond motifs is 4. The number of nitrogens with zero attached hydrogens (tertiary/aromatic N) is 3. The van der Waals surface area contributed by atoms with Gasteiger partial charge in [0.2, 0.25) is 0 Å². The second-order valence-corrected chi connectivity index (χ2v) is 13.9. The average Bonchev–Trinajstić information content (AvgIpc) is 3.62. The van der Waals surface area contributed by atoms with Crippen molar-refractivity contribution in [2.45, 2.75) is 25.2 Å². The van der Waals surface area contributed by atoms with Crippen LogP contribution in [0.5, 0.6) is 0 Å². The first-order chi connectivity index (χ1) is 26.2. The Labute approximate surface area is 308 Å². The fourth-order valence-corrected chi connectivity index (χ4v) is 7.85. The Kier molecular flexibility index (Phi) is 7.72. The lowest BCUT2D eigenvalue weighted by molar-refractivity contribution is 0.589. The molecule has 10 rings (SSSR count). The smallest absolute Gasteiger partial charge is 0.164 e. The maximum atomic E-state index is 6.50. The summed E-state index contributed by atoms with van der Waals surface area (Å²) >= 11 is 0. The molecule has 0 N–H and O–H groups in total. The SMILES string of the molecule is C1=C(c2ccccc2)CC(c2nc(-c3ccc(-c4ccc5ccccc5c4)cc3)nc(-c3cccc4oc5cc(-c6ccccc6)ccc5c34)n2)CC1. The average molecular weight is 682 g/mol. The van der Waals surface area contributed by atoms with Crippen molar-refractivity contribution in [3.63, 3.8) is 0 Å². The van der Waals surface area contributed by atoms with Crippen LogP contribution >= 0.6 is 0 Å². The fourth-order valence-electron chi connectivity index (χ4n) is 7.85. The van der Waals surface area contributed by atoms with Crippen LogP contribution in [0.2, 0.25) is 0 Å². The standard InChI is InChI=1S/C49H35N3O/c1-3-11-32(12-4-1)38-17-9-18-41(30-38)48-50-47(36-24-21-35(22-25-36)39-26-23-34-15-7-8-16-37(34)29-39)51-49(52-48)43-19-10-20-44-46(43)42-28-27-40(31-45(42)53-44)33-13-5-2-6-14-33/h1-8,10-17,19-29,31,41H,9,18,30H2. The highest BCUT2D eigenvalue weighted by molar-refractivity contribution is 6.12. The minimum atomic E-state index is 0.168. The number of hydrogen-bond donors (Lipinski definition) is 0. The van der Waals surface area contributed by atoms with Crippen LogP contribution in [0.4, 0.5) is 0 Å². The van der Waals surface area contributed by atoms with E-state index in [4.69, 9.17) is 19.4 Å². The zero-order valence-electron chi connectivity index (χ0n) is 29.1. The van der Waals surface area contributed by atoms with Gasteiger partial charge in [0.15, 0.2) is 11.6 Å². The van der Waals surface area contributed by atoms with E-state index in [1.165, 1.54) is 27.5 Å². The molecule has 7 aromatic carbocycles. The summed E-state index contributed by atoms with van der Waals surface area (Å²) in [6.07, 6.45) is 5.23. The molecule has 1 aliphatic carbocycles. The van der Waals surface area contributed by atoms with Crippen LogP contribution in [0.15, 0.2) is 174 Å². The molecule has 0 spiro atoms. The Morgan fingerprint density at radius 3 is 1.96 bits per heavy atom. The Bertz CT molecular complexity index is 2800. The van der Waals surface area contributed by atoms with Gasteiger partial charge in [0.25, 0.3) is 0 Å². The van der Waals surface area contributed by atoms with E-state index in [9.17, 15) is 0 Å². The zero-order valence-corrected chi connectivity index (χ0v) is 29.1. The maximum absolute atomic E-state index is 6.50. The normalized spacial score (nSPS) is 14.5. The first-order valence-corrected chi connectivity index (χ1v) is 18.3. The summed E-state index contributed by atoms with van der Waals surface area (Å²) in [7, 11) is 0. The quantitative estimate of drug-likeness (QED) is 0.175. The van der Waals surface area contributed by atoms with Gasteiger partial charge in [-0.25, -0.2) is 15.0 Å². The Balaban J connectivity index is 1.09. The Morgan fingerprint density at radius 1 is 0.472 bits per heavy atom. The van der Waals surface area contributed by atoms with E-state index in [0.29, 0.717) is 11.6 Å². The fraction of sp³-hybridized carbons (Fsp3) is 0.0816. The third-order valence-electron chi connectivity index (χ3n) is 10.6. The predicted molar refractivity (Wildman–Crippen MR) is 217 cm³/mol. The van der Waals surface area contributed by atoms with Crippen LogP contribution in [0, 0.1) is 0 Å². The third kappa shape index (κ3) is 5.88. The van der Waals surface area contributed by atoms with Crippen molar-refractivity contribution >= 4 is 38.3 Å². The molecule has 4 heteroatoms. The summed E-state index contributed by atoms with van der Waals surface area (Å²) in [5.41, 5.74) is 10.8. The molecule has 4 nitrogen and oxygen atoms in total. The van der Waals surface area contributed by atoms with Gasteiger partial charge in [-0.3, -0.25) is 0 Å². The molecule has 1 aliphatic rings. The van der Waals surface area contributed by atoms with Gasteiger partial charge in [0.05, 0.1) is 0 Å². The Morgan fingerprint density at radius 2 is 1.13 bits per heavy atom. The van der Waals surface area contributed by atoms with E-state index in [2.05, 4.69) is 152 Å². The maximum Gasteiger partial charge on any atom is 0.164 e. The number of hydrogen-bond acceptors (Lipinski definition) is 4. The van der Waals surface area contributed by atoms with Gasteiger partial charge in [0.1, 0.15) is 17.0 Å². The van der Waals surface area contributed by atoms with Crippen molar-refractivity contribution in [3.05, 3.63) is 181 Å². The molecule has 252 valence electrons. The van der Waals surface area contributed by atoms with Crippen molar-refractivity contribution in [3.8, 4) is 45.0 Å². The van der Waals surface area contributed by atoms with Gasteiger partial charge in [-0.05, 0) is 87.7 Å². The van der Waals surface area contributed by atoms with Crippen LogP contribution in [-0.2, 0) is 0 Å². The van der Waals surface area contributed by atoms with Gasteiger partial charge in [-0.2, -0.15) is 0 Å². The minimum absolute atomic E-state index is 0.168. The predicted octanol–water partition coefficient (Wildman–Crippen LogP) is 12.9. The molecule has 0 aliphatic heterocycles.